The van der Waals surface area contributed by atoms with Crippen LogP contribution in [0.4, 0.5) is 4.79 Å². The molecule has 0 unspecified atom stereocenters. The minimum atomic E-state index is -0.263. The monoisotopic (exact) mass is 303 g/mol. The first-order chi connectivity index (χ1) is 10.8. The van der Waals surface area contributed by atoms with Gasteiger partial charge < -0.3 is 20.7 Å². The van der Waals surface area contributed by atoms with E-state index < -0.39 is 0 Å². The van der Waals surface area contributed by atoms with Gasteiger partial charge in [0.15, 0.2) is 0 Å². The first-order valence-electron chi connectivity index (χ1n) is 8.21. The number of carbonyl (C=O) groups excluding carboxylic acids is 1. The number of carbonyl (C=O) groups is 1. The van der Waals surface area contributed by atoms with Gasteiger partial charge in [-0.1, -0.05) is 30.3 Å². The van der Waals surface area contributed by atoms with Crippen LogP contribution in [-0.4, -0.2) is 49.3 Å². The molecule has 1 aliphatic carbocycles. The van der Waals surface area contributed by atoms with E-state index in [1.807, 2.05) is 18.2 Å². The molecule has 0 spiro atoms. The van der Waals surface area contributed by atoms with Crippen LogP contribution in [-0.2, 0) is 4.74 Å². The second-order valence-electron chi connectivity index (χ2n) is 6.24. The van der Waals surface area contributed by atoms with Gasteiger partial charge in [-0.15, -0.1) is 0 Å². The molecule has 0 aromatic heterocycles. The predicted octanol–water partition coefficient (Wildman–Crippen LogP) is 1.69. The second-order valence-corrected chi connectivity index (χ2v) is 6.24. The topological polar surface area (TPSA) is 67.6 Å². The summed E-state index contributed by atoms with van der Waals surface area (Å²) in [6.07, 6.45) is 2.60. The quantitative estimate of drug-likeness (QED) is 0.868. The molecule has 120 valence electrons. The van der Waals surface area contributed by atoms with Crippen molar-refractivity contribution < 1.29 is 9.53 Å². The van der Waals surface area contributed by atoms with Gasteiger partial charge in [-0.25, -0.2) is 4.79 Å². The van der Waals surface area contributed by atoms with Crippen LogP contribution in [0.2, 0.25) is 0 Å². The summed E-state index contributed by atoms with van der Waals surface area (Å²) >= 11 is 0. The molecule has 22 heavy (non-hydrogen) atoms. The van der Waals surface area contributed by atoms with Crippen LogP contribution in [0.15, 0.2) is 30.3 Å². The third-order valence-corrected chi connectivity index (χ3v) is 4.58. The van der Waals surface area contributed by atoms with Crippen LogP contribution >= 0.6 is 0 Å². The van der Waals surface area contributed by atoms with E-state index in [4.69, 9.17) is 10.5 Å². The zero-order valence-corrected chi connectivity index (χ0v) is 12.9. The van der Waals surface area contributed by atoms with Gasteiger partial charge in [0.2, 0.25) is 0 Å². The molecule has 5 heteroatoms. The summed E-state index contributed by atoms with van der Waals surface area (Å²) in [4.78, 5) is 14.3. The summed E-state index contributed by atoms with van der Waals surface area (Å²) in [7, 11) is 0. The number of hydrogen-bond donors (Lipinski definition) is 2. The lowest BCUT2D eigenvalue weighted by Crippen LogP contribution is -2.41. The third-order valence-electron chi connectivity index (χ3n) is 4.58. The van der Waals surface area contributed by atoms with Crippen molar-refractivity contribution in [1.82, 2.24) is 10.2 Å². The van der Waals surface area contributed by atoms with Gasteiger partial charge in [0, 0.05) is 38.1 Å². The van der Waals surface area contributed by atoms with Gasteiger partial charge in [0.05, 0.1) is 0 Å². The summed E-state index contributed by atoms with van der Waals surface area (Å²) in [5.41, 5.74) is 6.85. The molecular formula is C17H25N3O2. The minimum absolute atomic E-state index is 0.0444. The molecule has 1 aromatic carbocycles. The zero-order valence-electron chi connectivity index (χ0n) is 12.9. The van der Waals surface area contributed by atoms with Crippen LogP contribution in [0.25, 0.3) is 0 Å². The summed E-state index contributed by atoms with van der Waals surface area (Å²) in [5.74, 6) is 0.445. The maximum absolute atomic E-state index is 12.0. The molecule has 1 aliphatic heterocycles. The van der Waals surface area contributed by atoms with Gasteiger partial charge in [-0.05, 0) is 24.8 Å². The minimum Gasteiger partial charge on any atom is -0.446 e. The number of alkyl carbamates (subject to hydrolysis) is 1. The van der Waals surface area contributed by atoms with Gasteiger partial charge in [0.25, 0.3) is 0 Å². The first-order valence-corrected chi connectivity index (χ1v) is 8.21. The fourth-order valence-corrected chi connectivity index (χ4v) is 3.19. The Balaban J connectivity index is 1.38. The Morgan fingerprint density at radius 3 is 2.68 bits per heavy atom. The maximum atomic E-state index is 12.0. The Bertz CT molecular complexity index is 486. The lowest BCUT2D eigenvalue weighted by atomic mass is 10.1. The largest absolute Gasteiger partial charge is 0.446 e. The van der Waals surface area contributed by atoms with E-state index in [2.05, 4.69) is 22.3 Å². The molecule has 2 fully saturated rings. The van der Waals surface area contributed by atoms with Crippen LogP contribution < -0.4 is 11.1 Å². The number of likely N-dealkylation sites (tertiary alicyclic amines) is 1. The van der Waals surface area contributed by atoms with E-state index in [1.165, 1.54) is 5.56 Å². The molecule has 2 atom stereocenters. The maximum Gasteiger partial charge on any atom is 0.407 e. The van der Waals surface area contributed by atoms with Gasteiger partial charge in [0.1, 0.15) is 6.10 Å². The Morgan fingerprint density at radius 2 is 2.00 bits per heavy atom. The van der Waals surface area contributed by atoms with Crippen molar-refractivity contribution in [3.8, 4) is 0 Å². The van der Waals surface area contributed by atoms with Crippen LogP contribution in [0.1, 0.15) is 30.7 Å². The normalized spacial score (nSPS) is 25.7. The zero-order chi connectivity index (χ0) is 15.4. The van der Waals surface area contributed by atoms with E-state index in [-0.39, 0.29) is 18.2 Å². The lowest BCUT2D eigenvalue weighted by Gasteiger charge is -2.31. The van der Waals surface area contributed by atoms with Gasteiger partial charge in [-0.2, -0.15) is 0 Å². The molecule has 1 heterocycles. The lowest BCUT2D eigenvalue weighted by molar-refractivity contribution is 0.0513. The van der Waals surface area contributed by atoms with Crippen molar-refractivity contribution in [3.63, 3.8) is 0 Å². The van der Waals surface area contributed by atoms with Crippen molar-refractivity contribution >= 4 is 6.09 Å². The van der Waals surface area contributed by atoms with Crippen molar-refractivity contribution in [2.45, 2.75) is 37.3 Å². The third kappa shape index (κ3) is 3.99. The molecule has 0 bridgehead atoms. The summed E-state index contributed by atoms with van der Waals surface area (Å²) in [6.45, 7) is 3.55. The highest BCUT2D eigenvalue weighted by Crippen LogP contribution is 2.40. The number of ether oxygens (including phenoxy) is 1. The van der Waals surface area contributed by atoms with Gasteiger partial charge >= 0.3 is 6.09 Å². The molecule has 0 radical (unpaired) electrons. The van der Waals surface area contributed by atoms with E-state index >= 15 is 0 Å². The van der Waals surface area contributed by atoms with Crippen molar-refractivity contribution in [2.75, 3.05) is 26.2 Å². The number of hydrogen-bond acceptors (Lipinski definition) is 4. The average molecular weight is 303 g/mol. The Hall–Kier alpha value is -1.59. The molecule has 3 N–H and O–H groups in total. The summed E-state index contributed by atoms with van der Waals surface area (Å²) in [6, 6.07) is 10.6. The van der Waals surface area contributed by atoms with Crippen molar-refractivity contribution in [1.29, 1.82) is 0 Å². The average Bonchev–Trinajstić information content (AvgIpc) is 3.29. The highest BCUT2D eigenvalue weighted by atomic mass is 16.6. The van der Waals surface area contributed by atoms with Crippen LogP contribution in [0.5, 0.6) is 0 Å². The van der Waals surface area contributed by atoms with E-state index in [0.29, 0.717) is 12.5 Å². The molecule has 3 rings (SSSR count). The fourth-order valence-electron chi connectivity index (χ4n) is 3.19. The van der Waals surface area contributed by atoms with Crippen LogP contribution in [0, 0.1) is 0 Å². The van der Waals surface area contributed by atoms with E-state index in [0.717, 1.165) is 38.9 Å². The second kappa shape index (κ2) is 7.11. The number of amides is 1. The summed E-state index contributed by atoms with van der Waals surface area (Å²) in [5, 5.41) is 2.99. The molecule has 5 nitrogen and oxygen atoms in total. The molecule has 1 amide bonds. The fraction of sp³-hybridized carbons (Fsp3) is 0.588. The number of rotatable bonds is 5. The smallest absolute Gasteiger partial charge is 0.407 e. The number of piperidine rings is 1. The van der Waals surface area contributed by atoms with E-state index in [9.17, 15) is 4.79 Å². The first kappa shape index (κ1) is 15.3. The highest BCUT2D eigenvalue weighted by Gasteiger charge is 2.40. The van der Waals surface area contributed by atoms with Gasteiger partial charge in [-0.3, -0.25) is 0 Å². The SMILES string of the molecule is NCCN1CCC(OC(=O)N[C@@H]2C[C@H]2c2ccccc2)CC1. The molecule has 1 saturated heterocycles. The number of benzene rings is 1. The van der Waals surface area contributed by atoms with Crippen molar-refractivity contribution in [2.24, 2.45) is 5.73 Å². The Labute approximate surface area is 131 Å². The molecule has 2 aliphatic rings. The molecular weight excluding hydrogens is 278 g/mol. The summed E-state index contributed by atoms with van der Waals surface area (Å²) < 4.78 is 5.54. The standard InChI is InChI=1S/C17H25N3O2/c18-8-11-20-9-6-14(7-10-20)22-17(21)19-16-12-15(16)13-4-2-1-3-5-13/h1-5,14-16H,6-12,18H2,(H,19,21)/t15-,16+/m0/s1. The van der Waals surface area contributed by atoms with Crippen LogP contribution in [0.3, 0.4) is 0 Å². The number of nitrogens with one attached hydrogen (secondary N) is 1. The molecule has 1 saturated carbocycles. The number of nitrogens with two attached hydrogens (primary N) is 1. The predicted molar refractivity (Wildman–Crippen MR) is 85.7 cm³/mol. The number of nitrogens with zero attached hydrogens (tertiary/aromatic N) is 1. The Morgan fingerprint density at radius 1 is 1.27 bits per heavy atom. The van der Waals surface area contributed by atoms with E-state index in [1.54, 1.807) is 0 Å². The highest BCUT2D eigenvalue weighted by molar-refractivity contribution is 5.68. The van der Waals surface area contributed by atoms with Crippen molar-refractivity contribution in [3.05, 3.63) is 35.9 Å². The Kier molecular flexibility index (Phi) is 4.95. The molecule has 1 aromatic rings.